The number of benzene rings is 1. The van der Waals surface area contributed by atoms with Crippen molar-refractivity contribution in [3.63, 3.8) is 0 Å². The summed E-state index contributed by atoms with van der Waals surface area (Å²) in [5.74, 6) is 0.194. The van der Waals surface area contributed by atoms with Crippen LogP contribution in [0.1, 0.15) is 5.56 Å². The number of anilines is 1. The smallest absolute Gasteiger partial charge is 0.263 e. The van der Waals surface area contributed by atoms with Gasteiger partial charge in [-0.1, -0.05) is 6.07 Å². The molecule has 6 heteroatoms. The molecule has 1 heterocycles. The second-order valence-corrected chi connectivity index (χ2v) is 4.93. The minimum atomic E-state index is -0.377. The second kappa shape index (κ2) is 6.47. The molecule has 0 atom stereocenters. The fraction of sp³-hybridized carbons (Fsp3) is 0.143. The molecule has 1 amide bonds. The molecule has 1 aromatic heterocycles. The van der Waals surface area contributed by atoms with Crippen molar-refractivity contribution >= 4 is 27.7 Å². The number of halogens is 2. The van der Waals surface area contributed by atoms with Gasteiger partial charge in [-0.15, -0.1) is 0 Å². The monoisotopic (exact) mass is 338 g/mol. The van der Waals surface area contributed by atoms with E-state index >= 15 is 0 Å². The van der Waals surface area contributed by atoms with Crippen LogP contribution in [0, 0.1) is 12.7 Å². The van der Waals surface area contributed by atoms with Crippen LogP contribution in [0.4, 0.5) is 10.2 Å². The number of hydrogen-bond donors (Lipinski definition) is 1. The van der Waals surface area contributed by atoms with E-state index in [9.17, 15) is 9.18 Å². The quantitative estimate of drug-likeness (QED) is 0.930. The summed E-state index contributed by atoms with van der Waals surface area (Å²) in [7, 11) is 0. The molecule has 0 aliphatic heterocycles. The number of amides is 1. The van der Waals surface area contributed by atoms with Crippen LogP contribution in [0.2, 0.25) is 0 Å². The molecule has 20 heavy (non-hydrogen) atoms. The standard InChI is InChI=1S/C14H12BrFN2O2/c1-9-3-2-6-17-14(9)18-13(19)8-20-12-5-4-10(16)7-11(12)15/h2-7H,8H2,1H3,(H,17,18,19). The molecule has 0 radical (unpaired) electrons. The third kappa shape index (κ3) is 3.77. The van der Waals surface area contributed by atoms with Crippen molar-refractivity contribution in [3.8, 4) is 5.75 Å². The van der Waals surface area contributed by atoms with Crippen LogP contribution in [-0.2, 0) is 4.79 Å². The minimum absolute atomic E-state index is 0.180. The number of nitrogens with zero attached hydrogens (tertiary/aromatic N) is 1. The predicted octanol–water partition coefficient (Wildman–Crippen LogP) is 3.31. The van der Waals surface area contributed by atoms with Gasteiger partial charge in [-0.3, -0.25) is 4.79 Å². The molecule has 0 bridgehead atoms. The van der Waals surface area contributed by atoms with E-state index in [0.29, 0.717) is 16.0 Å². The van der Waals surface area contributed by atoms with Gasteiger partial charge < -0.3 is 10.1 Å². The molecule has 1 aromatic carbocycles. The second-order valence-electron chi connectivity index (χ2n) is 4.08. The van der Waals surface area contributed by atoms with Crippen LogP contribution >= 0.6 is 15.9 Å². The predicted molar refractivity (Wildman–Crippen MR) is 77.2 cm³/mol. The lowest BCUT2D eigenvalue weighted by Gasteiger charge is -2.09. The topological polar surface area (TPSA) is 51.2 Å². The molecule has 104 valence electrons. The highest BCUT2D eigenvalue weighted by Gasteiger charge is 2.08. The summed E-state index contributed by atoms with van der Waals surface area (Å²) in [4.78, 5) is 15.8. The van der Waals surface area contributed by atoms with Gasteiger partial charge in [0.15, 0.2) is 6.61 Å². The summed E-state index contributed by atoms with van der Waals surface area (Å²) in [6, 6.07) is 7.63. The number of aryl methyl sites for hydroxylation is 1. The molecule has 4 nitrogen and oxygen atoms in total. The number of rotatable bonds is 4. The molecule has 0 aliphatic rings. The first-order valence-corrected chi connectivity index (χ1v) is 6.65. The highest BCUT2D eigenvalue weighted by atomic mass is 79.9. The van der Waals surface area contributed by atoms with Crippen LogP contribution < -0.4 is 10.1 Å². The average Bonchev–Trinajstić information content (AvgIpc) is 2.40. The SMILES string of the molecule is Cc1cccnc1NC(=O)COc1ccc(F)cc1Br. The van der Waals surface area contributed by atoms with Gasteiger partial charge in [-0.25, -0.2) is 9.37 Å². The largest absolute Gasteiger partial charge is 0.483 e. The Morgan fingerprint density at radius 1 is 1.45 bits per heavy atom. The number of nitrogens with one attached hydrogen (secondary N) is 1. The van der Waals surface area contributed by atoms with Gasteiger partial charge in [0.05, 0.1) is 4.47 Å². The molecule has 2 rings (SSSR count). The fourth-order valence-corrected chi connectivity index (χ4v) is 1.99. The van der Waals surface area contributed by atoms with E-state index in [-0.39, 0.29) is 18.3 Å². The first kappa shape index (κ1) is 14.5. The molecule has 0 saturated carbocycles. The van der Waals surface area contributed by atoms with E-state index in [1.54, 1.807) is 12.3 Å². The highest BCUT2D eigenvalue weighted by Crippen LogP contribution is 2.25. The summed E-state index contributed by atoms with van der Waals surface area (Å²) in [5, 5.41) is 2.65. The Balaban J connectivity index is 1.94. The third-order valence-corrected chi connectivity index (χ3v) is 3.14. The molecular weight excluding hydrogens is 327 g/mol. The van der Waals surface area contributed by atoms with Crippen molar-refractivity contribution < 1.29 is 13.9 Å². The van der Waals surface area contributed by atoms with Gasteiger partial charge in [0.2, 0.25) is 0 Å². The average molecular weight is 339 g/mol. The maximum absolute atomic E-state index is 12.9. The van der Waals surface area contributed by atoms with E-state index in [0.717, 1.165) is 5.56 Å². The molecule has 0 fully saturated rings. The van der Waals surface area contributed by atoms with Crippen LogP contribution in [0.3, 0.4) is 0 Å². The summed E-state index contributed by atoms with van der Waals surface area (Å²) in [6.45, 7) is 1.67. The van der Waals surface area contributed by atoms with Gasteiger partial charge in [-0.2, -0.15) is 0 Å². The Morgan fingerprint density at radius 2 is 2.25 bits per heavy atom. The molecule has 0 aliphatic carbocycles. The Labute approximate surface area is 124 Å². The first-order chi connectivity index (χ1) is 9.56. The van der Waals surface area contributed by atoms with Gasteiger partial charge in [0.25, 0.3) is 5.91 Å². The maximum atomic E-state index is 12.9. The molecule has 2 aromatic rings. The van der Waals surface area contributed by atoms with Gasteiger partial charge in [0.1, 0.15) is 17.4 Å². The molecule has 0 unspecified atom stereocenters. The summed E-state index contributed by atoms with van der Waals surface area (Å²) < 4.78 is 18.7. The molecular formula is C14H12BrFN2O2. The maximum Gasteiger partial charge on any atom is 0.263 e. The number of carbonyl (C=O) groups is 1. The number of ether oxygens (including phenoxy) is 1. The number of hydrogen-bond acceptors (Lipinski definition) is 3. The Hall–Kier alpha value is -1.95. The van der Waals surface area contributed by atoms with E-state index < -0.39 is 0 Å². The summed E-state index contributed by atoms with van der Waals surface area (Å²) >= 11 is 3.17. The molecule has 0 spiro atoms. The van der Waals surface area contributed by atoms with E-state index in [4.69, 9.17) is 4.74 Å². The van der Waals surface area contributed by atoms with Crippen LogP contribution in [0.15, 0.2) is 41.0 Å². The van der Waals surface area contributed by atoms with Gasteiger partial charge >= 0.3 is 0 Å². The van der Waals surface area contributed by atoms with Crippen LogP contribution in [0.25, 0.3) is 0 Å². The zero-order chi connectivity index (χ0) is 14.5. The van der Waals surface area contributed by atoms with E-state index in [2.05, 4.69) is 26.2 Å². The van der Waals surface area contributed by atoms with Gasteiger partial charge in [-0.05, 0) is 52.7 Å². The molecule has 0 saturated heterocycles. The van der Waals surface area contributed by atoms with Crippen LogP contribution in [0.5, 0.6) is 5.75 Å². The third-order valence-electron chi connectivity index (χ3n) is 2.52. The van der Waals surface area contributed by atoms with Crippen molar-refractivity contribution in [2.24, 2.45) is 0 Å². The molecule has 1 N–H and O–H groups in total. The normalized spacial score (nSPS) is 10.2. The van der Waals surface area contributed by atoms with E-state index in [1.165, 1.54) is 18.2 Å². The lowest BCUT2D eigenvalue weighted by Crippen LogP contribution is -2.21. The highest BCUT2D eigenvalue weighted by molar-refractivity contribution is 9.10. The zero-order valence-electron chi connectivity index (χ0n) is 10.7. The Kier molecular flexibility index (Phi) is 4.68. The van der Waals surface area contributed by atoms with E-state index in [1.807, 2.05) is 13.0 Å². The Bertz CT molecular complexity index is 634. The minimum Gasteiger partial charge on any atom is -0.483 e. The van der Waals surface area contributed by atoms with Crippen LogP contribution in [-0.4, -0.2) is 17.5 Å². The lowest BCUT2D eigenvalue weighted by molar-refractivity contribution is -0.118. The van der Waals surface area contributed by atoms with Crippen molar-refractivity contribution in [3.05, 3.63) is 52.4 Å². The van der Waals surface area contributed by atoms with Crippen molar-refractivity contribution in [1.82, 2.24) is 4.98 Å². The Morgan fingerprint density at radius 3 is 2.95 bits per heavy atom. The summed E-state index contributed by atoms with van der Waals surface area (Å²) in [5.41, 5.74) is 0.865. The van der Waals surface area contributed by atoms with Crippen molar-refractivity contribution in [2.75, 3.05) is 11.9 Å². The number of carbonyl (C=O) groups excluding carboxylic acids is 1. The fourth-order valence-electron chi connectivity index (χ4n) is 1.52. The van der Waals surface area contributed by atoms with Crippen molar-refractivity contribution in [1.29, 1.82) is 0 Å². The van der Waals surface area contributed by atoms with Gasteiger partial charge in [0, 0.05) is 6.20 Å². The summed E-state index contributed by atoms with van der Waals surface area (Å²) in [6.07, 6.45) is 1.60. The number of pyridine rings is 1. The first-order valence-electron chi connectivity index (χ1n) is 5.85. The number of aromatic nitrogens is 1. The zero-order valence-corrected chi connectivity index (χ0v) is 12.3. The van der Waals surface area contributed by atoms with Crippen molar-refractivity contribution in [2.45, 2.75) is 6.92 Å². The lowest BCUT2D eigenvalue weighted by atomic mass is 10.3.